The van der Waals surface area contributed by atoms with E-state index in [0.29, 0.717) is 13.0 Å². The molecule has 3 amide bonds. The summed E-state index contributed by atoms with van der Waals surface area (Å²) < 4.78 is 5.00. The number of carbonyl (C=O) groups excluding carboxylic acids is 4. The topological polar surface area (TPSA) is 114 Å². The first-order valence-electron chi connectivity index (χ1n) is 8.60. The fourth-order valence-electron chi connectivity index (χ4n) is 2.69. The predicted molar refractivity (Wildman–Crippen MR) is 98.0 cm³/mol. The number of hydrogen-bond acceptors (Lipinski definition) is 5. The maximum Gasteiger partial charge on any atom is 0.407 e. The average molecular weight is 396 g/mol. The van der Waals surface area contributed by atoms with Crippen molar-refractivity contribution < 1.29 is 23.9 Å². The molecule has 0 spiro atoms. The summed E-state index contributed by atoms with van der Waals surface area (Å²) in [5.41, 5.74) is 0.819. The van der Waals surface area contributed by atoms with Gasteiger partial charge in [-0.1, -0.05) is 30.3 Å². The molecular weight excluding hydrogens is 374 g/mol. The van der Waals surface area contributed by atoms with Crippen molar-refractivity contribution in [3.8, 4) is 0 Å². The zero-order valence-electron chi connectivity index (χ0n) is 14.7. The molecule has 1 aromatic rings. The minimum Gasteiger partial charge on any atom is -0.445 e. The van der Waals surface area contributed by atoms with Gasteiger partial charge in [0.15, 0.2) is 5.78 Å². The van der Waals surface area contributed by atoms with Crippen LogP contribution in [-0.4, -0.2) is 48.7 Å². The molecule has 0 radical (unpaired) electrons. The van der Waals surface area contributed by atoms with Crippen LogP contribution in [0.25, 0.3) is 0 Å². The lowest BCUT2D eigenvalue weighted by Crippen LogP contribution is -2.47. The fourth-order valence-corrected chi connectivity index (χ4v) is 2.88. The summed E-state index contributed by atoms with van der Waals surface area (Å²) in [6.45, 7) is 0.281. The maximum atomic E-state index is 12.0. The van der Waals surface area contributed by atoms with E-state index in [1.54, 1.807) is 0 Å². The Morgan fingerprint density at radius 2 is 2.00 bits per heavy atom. The summed E-state index contributed by atoms with van der Waals surface area (Å²) in [4.78, 5) is 47.3. The monoisotopic (exact) mass is 395 g/mol. The normalized spacial score (nSPS) is 16.9. The van der Waals surface area contributed by atoms with Crippen molar-refractivity contribution in [2.45, 2.75) is 25.5 Å². The molecular formula is C18H22ClN3O5. The van der Waals surface area contributed by atoms with Crippen LogP contribution in [0.5, 0.6) is 0 Å². The maximum absolute atomic E-state index is 12.0. The van der Waals surface area contributed by atoms with Gasteiger partial charge in [0, 0.05) is 12.5 Å². The molecule has 0 aliphatic carbocycles. The summed E-state index contributed by atoms with van der Waals surface area (Å²) in [7, 11) is 0. The SMILES string of the molecule is O=C(CNC(=O)OCc1ccccc1)NC(CC1CCNC1=O)C(=O)CCl. The molecule has 8 nitrogen and oxygen atoms in total. The number of rotatable bonds is 9. The first-order chi connectivity index (χ1) is 13.0. The number of Topliss-reactive ketones (excluding diaryl/α,β-unsaturated/α-hetero) is 1. The van der Waals surface area contributed by atoms with Gasteiger partial charge in [0.1, 0.15) is 13.2 Å². The van der Waals surface area contributed by atoms with Crippen LogP contribution >= 0.6 is 11.6 Å². The highest BCUT2D eigenvalue weighted by atomic mass is 35.5. The number of alkyl halides is 1. The van der Waals surface area contributed by atoms with Crippen molar-refractivity contribution >= 4 is 35.3 Å². The van der Waals surface area contributed by atoms with Crippen molar-refractivity contribution in [3.05, 3.63) is 35.9 Å². The summed E-state index contributed by atoms with van der Waals surface area (Å²) in [5.74, 6) is -1.69. The van der Waals surface area contributed by atoms with Gasteiger partial charge in [0.25, 0.3) is 0 Å². The molecule has 3 N–H and O–H groups in total. The Balaban J connectivity index is 1.76. The summed E-state index contributed by atoms with van der Waals surface area (Å²) in [5, 5.41) is 7.53. The lowest BCUT2D eigenvalue weighted by atomic mass is 9.96. The summed E-state index contributed by atoms with van der Waals surface area (Å²) in [6, 6.07) is 8.24. The molecule has 1 aliphatic heterocycles. The van der Waals surface area contributed by atoms with Crippen molar-refractivity contribution in [2.24, 2.45) is 5.92 Å². The molecule has 2 rings (SSSR count). The first kappa shape index (κ1) is 20.7. The van der Waals surface area contributed by atoms with E-state index in [2.05, 4.69) is 16.0 Å². The van der Waals surface area contributed by atoms with E-state index in [9.17, 15) is 19.2 Å². The Hall–Kier alpha value is -2.61. The van der Waals surface area contributed by atoms with Gasteiger partial charge in [-0.05, 0) is 18.4 Å². The van der Waals surface area contributed by atoms with Crippen LogP contribution in [0, 0.1) is 5.92 Å². The molecule has 27 heavy (non-hydrogen) atoms. The van der Waals surface area contributed by atoms with Crippen molar-refractivity contribution in [2.75, 3.05) is 19.0 Å². The molecule has 1 aromatic carbocycles. The summed E-state index contributed by atoms with van der Waals surface area (Å²) in [6.07, 6.45) is 0.0382. The molecule has 2 unspecified atom stereocenters. The van der Waals surface area contributed by atoms with Gasteiger partial charge in [0.05, 0.1) is 11.9 Å². The van der Waals surface area contributed by atoms with Gasteiger partial charge in [-0.3, -0.25) is 14.4 Å². The lowest BCUT2D eigenvalue weighted by molar-refractivity contribution is -0.128. The van der Waals surface area contributed by atoms with E-state index in [1.807, 2.05) is 30.3 Å². The molecule has 0 aromatic heterocycles. The van der Waals surface area contributed by atoms with Gasteiger partial charge >= 0.3 is 6.09 Å². The molecule has 146 valence electrons. The Labute approximate surface area is 162 Å². The molecule has 2 atom stereocenters. The highest BCUT2D eigenvalue weighted by Gasteiger charge is 2.30. The van der Waals surface area contributed by atoms with Crippen molar-refractivity contribution in [1.29, 1.82) is 0 Å². The van der Waals surface area contributed by atoms with Crippen LogP contribution in [0.2, 0.25) is 0 Å². The number of alkyl carbamates (subject to hydrolysis) is 1. The lowest BCUT2D eigenvalue weighted by Gasteiger charge is -2.19. The predicted octanol–water partition coefficient (Wildman–Crippen LogP) is 0.732. The van der Waals surface area contributed by atoms with E-state index in [-0.39, 0.29) is 43.1 Å². The molecule has 0 bridgehead atoms. The van der Waals surface area contributed by atoms with E-state index in [0.717, 1.165) is 5.56 Å². The Morgan fingerprint density at radius 1 is 1.26 bits per heavy atom. The summed E-state index contributed by atoms with van der Waals surface area (Å²) >= 11 is 5.59. The minimum atomic E-state index is -0.869. The van der Waals surface area contributed by atoms with Gasteiger partial charge < -0.3 is 20.7 Å². The standard InChI is InChI=1S/C18H22ClN3O5/c19-9-15(23)14(8-13-6-7-20-17(13)25)22-16(24)10-21-18(26)27-11-12-4-2-1-3-5-12/h1-5,13-14H,6-11H2,(H,20,25)(H,21,26)(H,22,24). The van der Waals surface area contributed by atoms with Crippen molar-refractivity contribution in [1.82, 2.24) is 16.0 Å². The number of ketones is 1. The molecule has 1 fully saturated rings. The Kier molecular flexibility index (Phi) is 8.06. The zero-order chi connectivity index (χ0) is 19.6. The van der Waals surface area contributed by atoms with Gasteiger partial charge in [-0.15, -0.1) is 11.6 Å². The number of halogens is 1. The van der Waals surface area contributed by atoms with E-state index in [1.165, 1.54) is 0 Å². The molecule has 1 heterocycles. The van der Waals surface area contributed by atoms with Crippen LogP contribution in [0.15, 0.2) is 30.3 Å². The van der Waals surface area contributed by atoms with E-state index >= 15 is 0 Å². The molecule has 0 saturated carbocycles. The first-order valence-corrected chi connectivity index (χ1v) is 9.13. The second-order valence-corrected chi connectivity index (χ2v) is 6.41. The van der Waals surface area contributed by atoms with Crippen LogP contribution in [0.3, 0.4) is 0 Å². The number of benzene rings is 1. The molecule has 9 heteroatoms. The highest BCUT2D eigenvalue weighted by Crippen LogP contribution is 2.17. The molecule has 1 aliphatic rings. The number of nitrogens with one attached hydrogen (secondary N) is 3. The number of amides is 3. The third-order valence-corrected chi connectivity index (χ3v) is 4.41. The average Bonchev–Trinajstić information content (AvgIpc) is 3.09. The third-order valence-electron chi connectivity index (χ3n) is 4.14. The van der Waals surface area contributed by atoms with Crippen LogP contribution in [-0.2, 0) is 25.7 Å². The number of carbonyl (C=O) groups is 4. The largest absolute Gasteiger partial charge is 0.445 e. The smallest absolute Gasteiger partial charge is 0.407 e. The van der Waals surface area contributed by atoms with Gasteiger partial charge in [-0.25, -0.2) is 4.79 Å². The van der Waals surface area contributed by atoms with Crippen molar-refractivity contribution in [3.63, 3.8) is 0 Å². The molecule has 1 saturated heterocycles. The zero-order valence-corrected chi connectivity index (χ0v) is 15.5. The van der Waals surface area contributed by atoms with Gasteiger partial charge in [-0.2, -0.15) is 0 Å². The Bertz CT molecular complexity index is 683. The van der Waals surface area contributed by atoms with E-state index < -0.39 is 18.0 Å². The Morgan fingerprint density at radius 3 is 2.63 bits per heavy atom. The van der Waals surface area contributed by atoms with Crippen LogP contribution in [0.1, 0.15) is 18.4 Å². The second kappa shape index (κ2) is 10.5. The quantitative estimate of drug-likeness (QED) is 0.533. The number of ether oxygens (including phenoxy) is 1. The van der Waals surface area contributed by atoms with Crippen LogP contribution in [0.4, 0.5) is 4.79 Å². The van der Waals surface area contributed by atoms with Gasteiger partial charge in [0.2, 0.25) is 11.8 Å². The van der Waals surface area contributed by atoms with E-state index in [4.69, 9.17) is 16.3 Å². The van der Waals surface area contributed by atoms with Crippen LogP contribution < -0.4 is 16.0 Å². The second-order valence-electron chi connectivity index (χ2n) is 6.15. The highest BCUT2D eigenvalue weighted by molar-refractivity contribution is 6.28. The number of hydrogen-bond donors (Lipinski definition) is 3. The fraction of sp³-hybridized carbons (Fsp3) is 0.444. The minimum absolute atomic E-state index is 0.0818. The third kappa shape index (κ3) is 6.90.